The van der Waals surface area contributed by atoms with Crippen molar-refractivity contribution in [3.8, 4) is 17.2 Å². The Hall–Kier alpha value is -3.35. The molecule has 0 spiro atoms. The average molecular weight is 421 g/mol. The smallest absolute Gasteiger partial charge is 0.272 e. The molecule has 31 heavy (non-hydrogen) atoms. The molecule has 2 aliphatic rings. The van der Waals surface area contributed by atoms with E-state index in [9.17, 15) is 9.18 Å². The number of benzene rings is 2. The van der Waals surface area contributed by atoms with Crippen LogP contribution < -0.4 is 14.8 Å². The number of carbonyl (C=O) groups is 1. The monoisotopic (exact) mass is 421 g/mol. The van der Waals surface area contributed by atoms with Crippen molar-refractivity contribution in [2.24, 2.45) is 0 Å². The molecule has 6 nitrogen and oxygen atoms in total. The zero-order valence-corrected chi connectivity index (χ0v) is 17.4. The van der Waals surface area contributed by atoms with E-state index >= 15 is 0 Å². The number of hydrogen-bond donors (Lipinski definition) is 1. The molecule has 1 atom stereocenters. The summed E-state index contributed by atoms with van der Waals surface area (Å²) in [5.74, 6) is 0.917. The van der Waals surface area contributed by atoms with Crippen LogP contribution in [-0.2, 0) is 12.8 Å². The Kier molecular flexibility index (Phi) is 5.10. The van der Waals surface area contributed by atoms with Crippen LogP contribution in [0.1, 0.15) is 53.1 Å². The van der Waals surface area contributed by atoms with E-state index in [1.54, 1.807) is 16.8 Å². The van der Waals surface area contributed by atoms with E-state index in [-0.39, 0.29) is 17.8 Å². The summed E-state index contributed by atoms with van der Waals surface area (Å²) < 4.78 is 26.4. The lowest BCUT2D eigenvalue weighted by molar-refractivity contribution is 0.0933. The molecule has 1 aromatic heterocycles. The number of aromatic nitrogens is 2. The molecular weight excluding hydrogens is 397 g/mol. The molecule has 0 saturated heterocycles. The van der Waals surface area contributed by atoms with Crippen molar-refractivity contribution in [2.75, 3.05) is 13.2 Å². The molecule has 0 unspecified atom stereocenters. The van der Waals surface area contributed by atoms with E-state index in [1.807, 2.05) is 25.1 Å². The average Bonchev–Trinajstić information content (AvgIpc) is 3.19. The fraction of sp³-hybridized carbons (Fsp3) is 0.333. The Balaban J connectivity index is 1.42. The van der Waals surface area contributed by atoms with E-state index in [1.165, 1.54) is 12.1 Å². The number of carbonyl (C=O) groups excluding carboxylic acids is 1. The van der Waals surface area contributed by atoms with Gasteiger partial charge in [0, 0.05) is 11.3 Å². The maximum atomic E-state index is 13.4. The van der Waals surface area contributed by atoms with E-state index in [2.05, 4.69) is 10.4 Å². The Bertz CT molecular complexity index is 1120. The maximum absolute atomic E-state index is 13.4. The topological polar surface area (TPSA) is 65.4 Å². The van der Waals surface area contributed by atoms with Gasteiger partial charge in [0.2, 0.25) is 0 Å². The highest BCUT2D eigenvalue weighted by atomic mass is 19.1. The van der Waals surface area contributed by atoms with Crippen LogP contribution in [0.4, 0.5) is 4.39 Å². The second-order valence-corrected chi connectivity index (χ2v) is 7.97. The second kappa shape index (κ2) is 8.06. The molecular formula is C24H24FN3O3. The summed E-state index contributed by atoms with van der Waals surface area (Å²) in [5, 5.41) is 7.72. The minimum absolute atomic E-state index is 0.207. The van der Waals surface area contributed by atoms with Crippen molar-refractivity contribution in [3.05, 3.63) is 70.8 Å². The lowest BCUT2D eigenvalue weighted by Crippen LogP contribution is -2.28. The van der Waals surface area contributed by atoms with Gasteiger partial charge in [0.15, 0.2) is 17.2 Å². The largest absolute Gasteiger partial charge is 0.486 e. The molecule has 1 aliphatic carbocycles. The third kappa shape index (κ3) is 3.76. The molecule has 1 N–H and O–H groups in total. The van der Waals surface area contributed by atoms with Crippen LogP contribution in [0.25, 0.3) is 5.69 Å². The predicted molar refractivity (Wildman–Crippen MR) is 113 cm³/mol. The highest BCUT2D eigenvalue weighted by Gasteiger charge is 2.26. The van der Waals surface area contributed by atoms with Gasteiger partial charge < -0.3 is 14.8 Å². The number of amides is 1. The van der Waals surface area contributed by atoms with E-state index in [0.717, 1.165) is 53.9 Å². The summed E-state index contributed by atoms with van der Waals surface area (Å²) in [6.45, 7) is 3.00. The molecule has 1 aliphatic heterocycles. The minimum Gasteiger partial charge on any atom is -0.486 e. The molecule has 160 valence electrons. The van der Waals surface area contributed by atoms with Gasteiger partial charge in [-0.1, -0.05) is 6.07 Å². The summed E-state index contributed by atoms with van der Waals surface area (Å²) in [4.78, 5) is 13.2. The number of rotatable bonds is 4. The molecule has 2 heterocycles. The van der Waals surface area contributed by atoms with Crippen molar-refractivity contribution >= 4 is 5.91 Å². The van der Waals surface area contributed by atoms with Crippen LogP contribution >= 0.6 is 0 Å². The van der Waals surface area contributed by atoms with Crippen LogP contribution in [0.3, 0.4) is 0 Å². The summed E-state index contributed by atoms with van der Waals surface area (Å²) in [7, 11) is 0. The molecule has 1 amide bonds. The second-order valence-electron chi connectivity index (χ2n) is 7.97. The van der Waals surface area contributed by atoms with Gasteiger partial charge in [0.25, 0.3) is 5.91 Å². The van der Waals surface area contributed by atoms with Gasteiger partial charge in [0.1, 0.15) is 19.0 Å². The zero-order chi connectivity index (χ0) is 21.4. The van der Waals surface area contributed by atoms with Crippen molar-refractivity contribution in [2.45, 2.75) is 38.6 Å². The lowest BCUT2D eigenvalue weighted by Gasteiger charge is -2.21. The number of halogens is 1. The van der Waals surface area contributed by atoms with Gasteiger partial charge in [-0.05, 0) is 74.6 Å². The molecule has 0 bridgehead atoms. The summed E-state index contributed by atoms with van der Waals surface area (Å²) in [6, 6.07) is 11.7. The normalized spacial score (nSPS) is 15.8. The highest BCUT2D eigenvalue weighted by molar-refractivity contribution is 5.94. The van der Waals surface area contributed by atoms with E-state index < -0.39 is 0 Å². The van der Waals surface area contributed by atoms with Gasteiger partial charge in [-0.2, -0.15) is 5.10 Å². The van der Waals surface area contributed by atoms with Gasteiger partial charge in [-0.3, -0.25) is 4.79 Å². The van der Waals surface area contributed by atoms with E-state index in [0.29, 0.717) is 24.7 Å². The number of nitrogens with zero attached hydrogens (tertiary/aromatic N) is 2. The SMILES string of the molecule is C[C@@H](NC(=O)c1nn(-c2ccc(F)cc2)c2c1CCCC2)c1ccc2c(c1)OCCO2. The molecule has 3 aromatic rings. The highest BCUT2D eigenvalue weighted by Crippen LogP contribution is 2.33. The lowest BCUT2D eigenvalue weighted by atomic mass is 9.95. The number of nitrogens with one attached hydrogen (secondary N) is 1. The number of fused-ring (bicyclic) bond motifs is 2. The first-order valence-corrected chi connectivity index (χ1v) is 10.7. The van der Waals surface area contributed by atoms with Gasteiger partial charge in [0.05, 0.1) is 11.7 Å². The van der Waals surface area contributed by atoms with Gasteiger partial charge >= 0.3 is 0 Å². The van der Waals surface area contributed by atoms with Crippen LogP contribution in [0.5, 0.6) is 11.5 Å². The first-order valence-electron chi connectivity index (χ1n) is 10.7. The summed E-state index contributed by atoms with van der Waals surface area (Å²) >= 11 is 0. The van der Waals surface area contributed by atoms with Crippen molar-refractivity contribution in [1.82, 2.24) is 15.1 Å². The summed E-state index contributed by atoms with van der Waals surface area (Å²) in [6.07, 6.45) is 3.75. The van der Waals surface area contributed by atoms with Crippen molar-refractivity contribution < 1.29 is 18.7 Å². The van der Waals surface area contributed by atoms with E-state index in [4.69, 9.17) is 9.47 Å². The van der Waals surface area contributed by atoms with Crippen LogP contribution in [0.2, 0.25) is 0 Å². The quantitative estimate of drug-likeness (QED) is 0.687. The zero-order valence-electron chi connectivity index (χ0n) is 17.4. The fourth-order valence-corrected chi connectivity index (χ4v) is 4.25. The Morgan fingerprint density at radius 2 is 1.81 bits per heavy atom. The van der Waals surface area contributed by atoms with Crippen molar-refractivity contribution in [1.29, 1.82) is 0 Å². The minimum atomic E-state index is -0.295. The summed E-state index contributed by atoms with van der Waals surface area (Å²) in [5.41, 5.74) is 4.17. The molecule has 2 aromatic carbocycles. The third-order valence-electron chi connectivity index (χ3n) is 5.88. The Labute approximate surface area is 180 Å². The van der Waals surface area contributed by atoms with Crippen LogP contribution in [0, 0.1) is 5.82 Å². The predicted octanol–water partition coefficient (Wildman–Crippen LogP) is 4.15. The van der Waals surface area contributed by atoms with Crippen molar-refractivity contribution in [3.63, 3.8) is 0 Å². The van der Waals surface area contributed by atoms with Gasteiger partial charge in [-0.15, -0.1) is 0 Å². The number of hydrogen-bond acceptors (Lipinski definition) is 4. The first kappa shape index (κ1) is 19.6. The first-order chi connectivity index (χ1) is 15.1. The molecule has 0 radical (unpaired) electrons. The van der Waals surface area contributed by atoms with Crippen LogP contribution in [-0.4, -0.2) is 28.9 Å². The Morgan fingerprint density at radius 1 is 1.06 bits per heavy atom. The number of ether oxygens (including phenoxy) is 2. The molecule has 0 fully saturated rings. The fourth-order valence-electron chi connectivity index (χ4n) is 4.25. The molecule has 5 rings (SSSR count). The molecule has 0 saturated carbocycles. The Morgan fingerprint density at radius 3 is 2.61 bits per heavy atom. The standard InChI is InChI=1S/C24H24FN3O3/c1-15(16-6-11-21-22(14-16)31-13-12-30-21)26-24(29)23-19-4-2-3-5-20(19)28(27-23)18-9-7-17(25)8-10-18/h6-11,14-15H,2-5,12-13H2,1H3,(H,26,29)/t15-/m1/s1. The van der Waals surface area contributed by atoms with Gasteiger partial charge in [-0.25, -0.2) is 9.07 Å². The maximum Gasteiger partial charge on any atom is 0.272 e. The van der Waals surface area contributed by atoms with Crippen LogP contribution in [0.15, 0.2) is 42.5 Å². The third-order valence-corrected chi connectivity index (χ3v) is 5.88. The molecule has 7 heteroatoms.